The molecule has 0 fully saturated rings. The van der Waals surface area contributed by atoms with Crippen LogP contribution in [0.4, 0.5) is 0 Å². The first-order valence-electron chi connectivity index (χ1n) is 5.90. The number of benzene rings is 1. The molecule has 4 heteroatoms. The van der Waals surface area contributed by atoms with Gasteiger partial charge in [0.25, 0.3) is 0 Å². The van der Waals surface area contributed by atoms with Crippen LogP contribution >= 0.6 is 0 Å². The lowest BCUT2D eigenvalue weighted by Gasteiger charge is -2.17. The maximum Gasteiger partial charge on any atom is 0.136 e. The van der Waals surface area contributed by atoms with Crippen molar-refractivity contribution in [1.82, 2.24) is 5.32 Å². The molecule has 4 nitrogen and oxygen atoms in total. The Morgan fingerprint density at radius 2 is 2.11 bits per heavy atom. The molecule has 1 aromatic carbocycles. The first kappa shape index (κ1) is 14.0. The highest BCUT2D eigenvalue weighted by Crippen LogP contribution is 2.22. The summed E-state index contributed by atoms with van der Waals surface area (Å²) in [4.78, 5) is 0. The number of ether oxygens (including phenoxy) is 1. The van der Waals surface area contributed by atoms with Gasteiger partial charge in [0.05, 0.1) is 18.7 Å². The molecule has 0 aliphatic carbocycles. The van der Waals surface area contributed by atoms with Crippen molar-refractivity contribution in [2.24, 2.45) is 0 Å². The molecule has 2 unspecified atom stereocenters. The fourth-order valence-corrected chi connectivity index (χ4v) is 1.60. The van der Waals surface area contributed by atoms with Crippen LogP contribution in [0.2, 0.25) is 0 Å². The van der Waals surface area contributed by atoms with Crippen LogP contribution in [0.3, 0.4) is 0 Å². The average Bonchev–Trinajstić information content (AvgIpc) is 2.43. The van der Waals surface area contributed by atoms with Crippen molar-refractivity contribution in [3.05, 3.63) is 29.3 Å². The van der Waals surface area contributed by atoms with Gasteiger partial charge < -0.3 is 4.74 Å². The summed E-state index contributed by atoms with van der Waals surface area (Å²) in [5.74, 6) is 0.529. The summed E-state index contributed by atoms with van der Waals surface area (Å²) in [6, 6.07) is 9.35. The Morgan fingerprint density at radius 1 is 1.39 bits per heavy atom. The molecule has 1 N–H and O–H groups in total. The second-order valence-corrected chi connectivity index (χ2v) is 4.11. The Bertz CT molecular complexity index is 485. The molecule has 18 heavy (non-hydrogen) atoms. The highest BCUT2D eigenvalue weighted by molar-refractivity contribution is 5.46. The molecular formula is C14H17N3O. The first-order valence-corrected chi connectivity index (χ1v) is 5.90. The molecule has 1 rings (SSSR count). The van der Waals surface area contributed by atoms with E-state index in [4.69, 9.17) is 10.00 Å². The third-order valence-corrected chi connectivity index (χ3v) is 2.87. The number of nitrogens with one attached hydrogen (secondary N) is 1. The van der Waals surface area contributed by atoms with Crippen LogP contribution < -0.4 is 10.1 Å². The van der Waals surface area contributed by atoms with E-state index in [0.29, 0.717) is 11.3 Å². The predicted octanol–water partition coefficient (Wildman–Crippen LogP) is 2.52. The van der Waals surface area contributed by atoms with Gasteiger partial charge in [-0.2, -0.15) is 10.5 Å². The summed E-state index contributed by atoms with van der Waals surface area (Å²) in [6.45, 7) is 4.08. The molecule has 94 valence electrons. The lowest BCUT2D eigenvalue weighted by Crippen LogP contribution is -2.29. The van der Waals surface area contributed by atoms with E-state index < -0.39 is 6.04 Å². The summed E-state index contributed by atoms with van der Waals surface area (Å²) >= 11 is 0. The Labute approximate surface area is 108 Å². The van der Waals surface area contributed by atoms with E-state index in [2.05, 4.69) is 24.4 Å². The number of methoxy groups -OCH3 is 1. The highest BCUT2D eigenvalue weighted by atomic mass is 16.5. The van der Waals surface area contributed by atoms with Crippen molar-refractivity contribution in [3.8, 4) is 17.9 Å². The van der Waals surface area contributed by atoms with Crippen molar-refractivity contribution >= 4 is 0 Å². The average molecular weight is 243 g/mol. The minimum Gasteiger partial charge on any atom is -0.495 e. The third-order valence-electron chi connectivity index (χ3n) is 2.87. The fraction of sp³-hybridized carbons (Fsp3) is 0.429. The number of hydrogen-bond donors (Lipinski definition) is 1. The summed E-state index contributed by atoms with van der Waals surface area (Å²) in [7, 11) is 1.52. The summed E-state index contributed by atoms with van der Waals surface area (Å²) in [5, 5.41) is 21.4. The number of nitrogens with zero attached hydrogens (tertiary/aromatic N) is 2. The van der Waals surface area contributed by atoms with Gasteiger partial charge >= 0.3 is 0 Å². The van der Waals surface area contributed by atoms with Gasteiger partial charge in [0.15, 0.2) is 0 Å². The Balaban J connectivity index is 3.02. The Morgan fingerprint density at radius 3 is 2.61 bits per heavy atom. The molecule has 0 radical (unpaired) electrons. The molecule has 0 spiro atoms. The molecule has 0 heterocycles. The molecule has 0 saturated heterocycles. The van der Waals surface area contributed by atoms with Crippen molar-refractivity contribution in [2.45, 2.75) is 32.4 Å². The summed E-state index contributed by atoms with van der Waals surface area (Å²) in [5.41, 5.74) is 1.23. The standard InChI is InChI=1S/C14H17N3O/c1-4-10(2)17-13(9-16)11-5-6-14(18-3)12(7-11)8-15/h5-7,10,13,17H,4H2,1-3H3. The van der Waals surface area contributed by atoms with Crippen molar-refractivity contribution in [1.29, 1.82) is 10.5 Å². The number of nitriles is 2. The lowest BCUT2D eigenvalue weighted by atomic mass is 10.0. The Kier molecular flexibility index (Phi) is 5.17. The smallest absolute Gasteiger partial charge is 0.136 e. The molecule has 0 bridgehead atoms. The third kappa shape index (κ3) is 3.23. The van der Waals surface area contributed by atoms with Crippen molar-refractivity contribution in [2.75, 3.05) is 7.11 Å². The van der Waals surface area contributed by atoms with Crippen molar-refractivity contribution in [3.63, 3.8) is 0 Å². The van der Waals surface area contributed by atoms with Gasteiger partial charge in [-0.1, -0.05) is 13.0 Å². The topological polar surface area (TPSA) is 68.8 Å². The second-order valence-electron chi connectivity index (χ2n) is 4.11. The van der Waals surface area contributed by atoms with Gasteiger partial charge in [0, 0.05) is 6.04 Å². The monoisotopic (exact) mass is 243 g/mol. The second kappa shape index (κ2) is 6.64. The van der Waals surface area contributed by atoms with Gasteiger partial charge in [-0.15, -0.1) is 0 Å². The SMILES string of the molecule is CCC(C)NC(C#N)c1ccc(OC)c(C#N)c1. The fourth-order valence-electron chi connectivity index (χ4n) is 1.60. The summed E-state index contributed by atoms with van der Waals surface area (Å²) in [6.07, 6.45) is 0.944. The zero-order chi connectivity index (χ0) is 13.5. The van der Waals surface area contributed by atoms with Gasteiger partial charge in [-0.25, -0.2) is 0 Å². The number of hydrogen-bond acceptors (Lipinski definition) is 4. The van der Waals surface area contributed by atoms with E-state index in [1.54, 1.807) is 12.1 Å². The molecular weight excluding hydrogens is 226 g/mol. The maximum atomic E-state index is 9.19. The van der Waals surface area contributed by atoms with Gasteiger partial charge in [-0.05, 0) is 31.0 Å². The normalized spacial score (nSPS) is 13.2. The maximum absolute atomic E-state index is 9.19. The number of rotatable bonds is 5. The molecule has 0 aliphatic heterocycles. The van der Waals surface area contributed by atoms with E-state index in [0.717, 1.165) is 12.0 Å². The van der Waals surface area contributed by atoms with Crippen LogP contribution in [0.25, 0.3) is 0 Å². The minimum absolute atomic E-state index is 0.252. The quantitative estimate of drug-likeness (QED) is 0.862. The van der Waals surface area contributed by atoms with Crippen LogP contribution in [0.1, 0.15) is 37.4 Å². The van der Waals surface area contributed by atoms with Gasteiger partial charge in [0.2, 0.25) is 0 Å². The van der Waals surface area contributed by atoms with Crippen molar-refractivity contribution < 1.29 is 4.74 Å². The minimum atomic E-state index is -0.405. The molecule has 1 aromatic rings. The molecule has 0 saturated carbocycles. The lowest BCUT2D eigenvalue weighted by molar-refractivity contribution is 0.413. The molecule has 0 amide bonds. The van der Waals surface area contributed by atoms with E-state index in [9.17, 15) is 5.26 Å². The van der Waals surface area contributed by atoms with Crippen LogP contribution in [-0.4, -0.2) is 13.2 Å². The predicted molar refractivity (Wildman–Crippen MR) is 69.0 cm³/mol. The molecule has 2 atom stereocenters. The summed E-state index contributed by atoms with van der Waals surface area (Å²) < 4.78 is 5.08. The zero-order valence-electron chi connectivity index (χ0n) is 10.9. The van der Waals surface area contributed by atoms with E-state index in [1.807, 2.05) is 13.0 Å². The van der Waals surface area contributed by atoms with E-state index in [-0.39, 0.29) is 6.04 Å². The molecule has 0 aromatic heterocycles. The van der Waals surface area contributed by atoms with E-state index >= 15 is 0 Å². The van der Waals surface area contributed by atoms with E-state index in [1.165, 1.54) is 7.11 Å². The first-order chi connectivity index (χ1) is 8.65. The largest absolute Gasteiger partial charge is 0.495 e. The highest BCUT2D eigenvalue weighted by Gasteiger charge is 2.14. The van der Waals surface area contributed by atoms with Gasteiger partial charge in [-0.3, -0.25) is 5.32 Å². The van der Waals surface area contributed by atoms with Crippen LogP contribution in [-0.2, 0) is 0 Å². The van der Waals surface area contributed by atoms with Crippen LogP contribution in [0, 0.1) is 22.7 Å². The van der Waals surface area contributed by atoms with Gasteiger partial charge in [0.1, 0.15) is 17.9 Å². The molecule has 0 aliphatic rings. The zero-order valence-corrected chi connectivity index (χ0v) is 10.9. The van der Waals surface area contributed by atoms with Crippen LogP contribution in [0.15, 0.2) is 18.2 Å². The Hall–Kier alpha value is -2.04. The van der Waals surface area contributed by atoms with Crippen LogP contribution in [0.5, 0.6) is 5.75 Å².